The third kappa shape index (κ3) is 2.69. The number of amides is 1. The van der Waals surface area contributed by atoms with E-state index in [4.69, 9.17) is 16.7 Å². The molecule has 1 aliphatic rings. The van der Waals surface area contributed by atoms with Gasteiger partial charge >= 0.3 is 6.09 Å². The smallest absolute Gasteiger partial charge is 0.407 e. The lowest BCUT2D eigenvalue weighted by atomic mass is 9.89. The fourth-order valence-corrected chi connectivity index (χ4v) is 2.48. The third-order valence-corrected chi connectivity index (χ3v) is 3.51. The summed E-state index contributed by atoms with van der Waals surface area (Å²) in [6.45, 7) is 0.958. The van der Waals surface area contributed by atoms with Crippen molar-refractivity contribution in [1.29, 1.82) is 0 Å². The molecule has 0 bridgehead atoms. The van der Waals surface area contributed by atoms with Gasteiger partial charge in [0.2, 0.25) is 0 Å². The third-order valence-electron chi connectivity index (χ3n) is 3.16. The van der Waals surface area contributed by atoms with E-state index in [-0.39, 0.29) is 11.7 Å². The van der Waals surface area contributed by atoms with Gasteiger partial charge in [0.1, 0.15) is 5.82 Å². The molecule has 0 aliphatic carbocycles. The van der Waals surface area contributed by atoms with E-state index in [1.54, 1.807) is 6.07 Å². The summed E-state index contributed by atoms with van der Waals surface area (Å²) in [7, 11) is 0. The van der Waals surface area contributed by atoms with Crippen molar-refractivity contribution in [1.82, 2.24) is 4.90 Å². The highest BCUT2D eigenvalue weighted by atomic mass is 35.5. The lowest BCUT2D eigenvalue weighted by molar-refractivity contribution is 0.132. The first-order valence-corrected chi connectivity index (χ1v) is 5.88. The summed E-state index contributed by atoms with van der Waals surface area (Å²) in [4.78, 5) is 12.1. The maximum Gasteiger partial charge on any atom is 0.407 e. The number of likely N-dealkylation sites (tertiary alicyclic amines) is 1. The van der Waals surface area contributed by atoms with Crippen LogP contribution in [0.3, 0.4) is 0 Å². The highest BCUT2D eigenvalue weighted by Crippen LogP contribution is 2.33. The van der Waals surface area contributed by atoms with E-state index in [2.05, 4.69) is 0 Å². The van der Waals surface area contributed by atoms with Gasteiger partial charge in [0.05, 0.1) is 0 Å². The molecule has 1 heterocycles. The Morgan fingerprint density at radius 2 is 2.06 bits per heavy atom. The summed E-state index contributed by atoms with van der Waals surface area (Å²) in [5.74, 6) is -0.154. The molecule has 1 aromatic rings. The Labute approximate surface area is 104 Å². The van der Waals surface area contributed by atoms with Crippen LogP contribution in [0, 0.1) is 5.82 Å². The number of hydrogen-bond acceptors (Lipinski definition) is 1. The molecule has 0 unspecified atom stereocenters. The lowest BCUT2D eigenvalue weighted by Gasteiger charge is -2.30. The van der Waals surface area contributed by atoms with Crippen LogP contribution in [0.4, 0.5) is 9.18 Å². The van der Waals surface area contributed by atoms with Crippen LogP contribution >= 0.6 is 11.6 Å². The van der Waals surface area contributed by atoms with Crippen LogP contribution in [0.25, 0.3) is 0 Å². The fraction of sp³-hybridized carbons (Fsp3) is 0.417. The van der Waals surface area contributed by atoms with Crippen LogP contribution in [-0.4, -0.2) is 29.2 Å². The highest BCUT2D eigenvalue weighted by molar-refractivity contribution is 6.31. The number of piperidine rings is 1. The van der Waals surface area contributed by atoms with Gasteiger partial charge < -0.3 is 10.0 Å². The van der Waals surface area contributed by atoms with Gasteiger partial charge in [-0.15, -0.1) is 0 Å². The quantitative estimate of drug-likeness (QED) is 0.838. The van der Waals surface area contributed by atoms with Crippen molar-refractivity contribution in [2.75, 3.05) is 13.1 Å². The second-order valence-electron chi connectivity index (χ2n) is 4.21. The minimum atomic E-state index is -0.895. The SMILES string of the molecule is O=C(O)N1CCC(c2cc(F)ccc2Cl)CC1. The zero-order valence-electron chi connectivity index (χ0n) is 9.20. The number of carboxylic acid groups (broad SMARTS) is 1. The van der Waals surface area contributed by atoms with Crippen molar-refractivity contribution in [2.45, 2.75) is 18.8 Å². The van der Waals surface area contributed by atoms with Gasteiger partial charge in [-0.1, -0.05) is 11.6 Å². The molecule has 0 aromatic heterocycles. The molecule has 0 radical (unpaired) electrons. The summed E-state index contributed by atoms with van der Waals surface area (Å²) in [6, 6.07) is 4.33. The zero-order chi connectivity index (χ0) is 12.4. The monoisotopic (exact) mass is 257 g/mol. The molecule has 0 atom stereocenters. The number of rotatable bonds is 1. The normalized spacial score (nSPS) is 17.2. The summed E-state index contributed by atoms with van der Waals surface area (Å²) in [5.41, 5.74) is 0.789. The number of benzene rings is 1. The first kappa shape index (κ1) is 12.2. The van der Waals surface area contributed by atoms with E-state index in [1.165, 1.54) is 17.0 Å². The number of carbonyl (C=O) groups is 1. The molecular formula is C12H13ClFNO2. The minimum Gasteiger partial charge on any atom is -0.465 e. The summed E-state index contributed by atoms with van der Waals surface area (Å²) >= 11 is 6.03. The second kappa shape index (κ2) is 4.92. The molecule has 3 nitrogen and oxygen atoms in total. The average molecular weight is 258 g/mol. The van der Waals surface area contributed by atoms with Crippen molar-refractivity contribution in [3.8, 4) is 0 Å². The van der Waals surface area contributed by atoms with Gasteiger partial charge in [0.15, 0.2) is 0 Å². The van der Waals surface area contributed by atoms with E-state index in [1.807, 2.05) is 0 Å². The molecule has 1 aromatic carbocycles. The van der Waals surface area contributed by atoms with Crippen LogP contribution < -0.4 is 0 Å². The summed E-state index contributed by atoms with van der Waals surface area (Å²) < 4.78 is 13.1. The van der Waals surface area contributed by atoms with Crippen LogP contribution in [0.1, 0.15) is 24.3 Å². The Morgan fingerprint density at radius 3 is 2.65 bits per heavy atom. The molecule has 92 valence electrons. The zero-order valence-corrected chi connectivity index (χ0v) is 9.95. The fourth-order valence-electron chi connectivity index (χ4n) is 2.21. The molecule has 0 saturated carbocycles. The highest BCUT2D eigenvalue weighted by Gasteiger charge is 2.24. The van der Waals surface area contributed by atoms with Crippen LogP contribution in [-0.2, 0) is 0 Å². The van der Waals surface area contributed by atoms with Crippen LogP contribution in [0.2, 0.25) is 5.02 Å². The number of halogens is 2. The predicted molar refractivity (Wildman–Crippen MR) is 63.0 cm³/mol. The Hall–Kier alpha value is -1.29. The second-order valence-corrected chi connectivity index (χ2v) is 4.62. The van der Waals surface area contributed by atoms with Crippen molar-refractivity contribution >= 4 is 17.7 Å². The minimum absolute atomic E-state index is 0.147. The van der Waals surface area contributed by atoms with Crippen LogP contribution in [0.5, 0.6) is 0 Å². The summed E-state index contributed by atoms with van der Waals surface area (Å²) in [5, 5.41) is 9.39. The van der Waals surface area contributed by atoms with Gasteiger partial charge in [0.25, 0.3) is 0 Å². The Bertz CT molecular complexity index is 431. The Morgan fingerprint density at radius 1 is 1.41 bits per heavy atom. The Balaban J connectivity index is 2.10. The van der Waals surface area contributed by atoms with E-state index in [9.17, 15) is 9.18 Å². The van der Waals surface area contributed by atoms with E-state index in [0.717, 1.165) is 5.56 Å². The standard InChI is InChI=1S/C12H13ClFNO2/c13-11-2-1-9(14)7-10(11)8-3-5-15(6-4-8)12(16)17/h1-2,7-8H,3-6H2,(H,16,17). The van der Waals surface area contributed by atoms with Gasteiger partial charge in [-0.05, 0) is 42.5 Å². The number of nitrogens with zero attached hydrogens (tertiary/aromatic N) is 1. The first-order chi connectivity index (χ1) is 8.08. The van der Waals surface area contributed by atoms with E-state index in [0.29, 0.717) is 31.0 Å². The molecule has 0 spiro atoms. The predicted octanol–water partition coefficient (Wildman–Crippen LogP) is 3.34. The van der Waals surface area contributed by atoms with Gasteiger partial charge in [-0.25, -0.2) is 9.18 Å². The van der Waals surface area contributed by atoms with Crippen LogP contribution in [0.15, 0.2) is 18.2 Å². The molecule has 2 rings (SSSR count). The lowest BCUT2D eigenvalue weighted by Crippen LogP contribution is -2.36. The first-order valence-electron chi connectivity index (χ1n) is 5.50. The van der Waals surface area contributed by atoms with Gasteiger partial charge in [-0.2, -0.15) is 0 Å². The molecule has 1 N–H and O–H groups in total. The summed E-state index contributed by atoms with van der Waals surface area (Å²) in [6.07, 6.45) is 0.485. The molecule has 1 aliphatic heterocycles. The topological polar surface area (TPSA) is 40.5 Å². The van der Waals surface area contributed by atoms with Crippen molar-refractivity contribution in [3.63, 3.8) is 0 Å². The molecule has 5 heteroatoms. The van der Waals surface area contributed by atoms with Gasteiger partial charge in [0, 0.05) is 18.1 Å². The molecule has 1 amide bonds. The van der Waals surface area contributed by atoms with Crippen molar-refractivity contribution in [3.05, 3.63) is 34.6 Å². The molecule has 1 saturated heterocycles. The van der Waals surface area contributed by atoms with E-state index >= 15 is 0 Å². The Kier molecular flexibility index (Phi) is 3.52. The molecule has 17 heavy (non-hydrogen) atoms. The van der Waals surface area contributed by atoms with Gasteiger partial charge in [-0.3, -0.25) is 0 Å². The number of hydrogen-bond donors (Lipinski definition) is 1. The maximum absolute atomic E-state index is 13.1. The van der Waals surface area contributed by atoms with E-state index < -0.39 is 6.09 Å². The maximum atomic E-state index is 13.1. The largest absolute Gasteiger partial charge is 0.465 e. The molecule has 1 fully saturated rings. The average Bonchev–Trinajstić information content (AvgIpc) is 2.32. The van der Waals surface area contributed by atoms with Crippen molar-refractivity contribution in [2.24, 2.45) is 0 Å². The molecular weight excluding hydrogens is 245 g/mol. The van der Waals surface area contributed by atoms with Crippen molar-refractivity contribution < 1.29 is 14.3 Å².